The van der Waals surface area contributed by atoms with Gasteiger partial charge >= 0.3 is 0 Å². The van der Waals surface area contributed by atoms with Gasteiger partial charge in [0.05, 0.1) is 0 Å². The summed E-state index contributed by atoms with van der Waals surface area (Å²) >= 11 is 0. The predicted octanol–water partition coefficient (Wildman–Crippen LogP) is 4.80. The van der Waals surface area contributed by atoms with Crippen molar-refractivity contribution < 1.29 is 9.59 Å². The molecular weight excluding hydrogens is 436 g/mol. The number of carbonyl (C=O) groups is 2. The van der Waals surface area contributed by atoms with E-state index in [2.05, 4.69) is 35.0 Å². The highest BCUT2D eigenvalue weighted by Gasteiger charge is 2.24. The highest BCUT2D eigenvalue weighted by atomic mass is 16.2. The van der Waals surface area contributed by atoms with Crippen LogP contribution in [0.1, 0.15) is 86.5 Å². The van der Waals surface area contributed by atoms with Gasteiger partial charge in [0.2, 0.25) is 5.91 Å². The van der Waals surface area contributed by atoms with Gasteiger partial charge in [-0.05, 0) is 103 Å². The van der Waals surface area contributed by atoms with Crippen LogP contribution in [0.3, 0.4) is 0 Å². The Morgan fingerprint density at radius 2 is 1.51 bits per heavy atom. The molecule has 0 aromatic heterocycles. The highest BCUT2D eigenvalue weighted by molar-refractivity contribution is 5.78. The predicted molar refractivity (Wildman–Crippen MR) is 148 cm³/mol. The molecule has 3 rings (SSSR count). The third-order valence-electron chi connectivity index (χ3n) is 7.39. The van der Waals surface area contributed by atoms with Gasteiger partial charge in [-0.15, -0.1) is 0 Å². The topological polar surface area (TPSA) is 55.9 Å². The second-order valence-electron chi connectivity index (χ2n) is 10.3. The Hall–Kier alpha value is -1.24. The highest BCUT2D eigenvalue weighted by Crippen LogP contribution is 2.21. The summed E-state index contributed by atoms with van der Waals surface area (Å²) in [6, 6.07) is 0. The van der Waals surface area contributed by atoms with Crippen LogP contribution in [0.2, 0.25) is 0 Å². The summed E-state index contributed by atoms with van der Waals surface area (Å²) in [7, 11) is 0. The first-order valence-electron chi connectivity index (χ1n) is 14.5. The zero-order chi connectivity index (χ0) is 26.1. The average molecular weight is 493 g/mol. The summed E-state index contributed by atoms with van der Waals surface area (Å²) in [6.45, 7) is 22.1. The minimum absolute atomic E-state index is 0.152. The first-order chi connectivity index (χ1) is 16.9. The number of Topliss-reactive ketones (excluding diaryl/α,β-unsaturated/α-hetero) is 1. The van der Waals surface area contributed by atoms with Crippen LogP contribution in [0.4, 0.5) is 0 Å². The van der Waals surface area contributed by atoms with Gasteiger partial charge in [-0.2, -0.15) is 0 Å². The number of likely N-dealkylation sites (tertiary alicyclic amines) is 1. The second-order valence-corrected chi connectivity index (χ2v) is 10.3. The van der Waals surface area contributed by atoms with E-state index in [4.69, 9.17) is 0 Å². The molecule has 0 radical (unpaired) electrons. The molecule has 2 saturated heterocycles. The maximum atomic E-state index is 11.3. The van der Waals surface area contributed by atoms with Crippen molar-refractivity contribution in [1.29, 1.82) is 0 Å². The summed E-state index contributed by atoms with van der Waals surface area (Å²) in [6.07, 6.45) is 12.5. The molecular formula is C29H56N4O2. The molecule has 0 bridgehead atoms. The lowest BCUT2D eigenvalue weighted by molar-refractivity contribution is -0.126. The Morgan fingerprint density at radius 3 is 1.97 bits per heavy atom. The van der Waals surface area contributed by atoms with Gasteiger partial charge < -0.3 is 20.0 Å². The van der Waals surface area contributed by atoms with E-state index in [-0.39, 0.29) is 5.91 Å². The van der Waals surface area contributed by atoms with E-state index >= 15 is 0 Å². The zero-order valence-corrected chi connectivity index (χ0v) is 23.9. The SMILES string of the molecule is CC.CC(=O)C1CCN(CC2CCNCC2)CC1.CCCN(CCC)CC1C=CN(C(C)=O)CC1. The molecule has 3 heterocycles. The number of amides is 1. The lowest BCUT2D eigenvalue weighted by atomic mass is 9.91. The molecule has 0 aromatic carbocycles. The molecule has 1 N–H and O–H groups in total. The lowest BCUT2D eigenvalue weighted by Gasteiger charge is -2.34. The largest absolute Gasteiger partial charge is 0.320 e. The number of carbonyl (C=O) groups excluding carboxylic acids is 2. The van der Waals surface area contributed by atoms with Gasteiger partial charge in [0.1, 0.15) is 5.78 Å². The molecule has 0 saturated carbocycles. The number of hydrogen-bond acceptors (Lipinski definition) is 5. The van der Waals surface area contributed by atoms with Crippen molar-refractivity contribution in [1.82, 2.24) is 20.0 Å². The molecule has 2 fully saturated rings. The number of rotatable bonds is 9. The van der Waals surface area contributed by atoms with Crippen molar-refractivity contribution in [2.24, 2.45) is 17.8 Å². The molecule has 1 unspecified atom stereocenters. The number of nitrogens with zero attached hydrogens (tertiary/aromatic N) is 3. The van der Waals surface area contributed by atoms with E-state index in [9.17, 15) is 9.59 Å². The fraction of sp³-hybridized carbons (Fsp3) is 0.862. The van der Waals surface area contributed by atoms with Crippen LogP contribution >= 0.6 is 0 Å². The van der Waals surface area contributed by atoms with Crippen LogP contribution in [-0.2, 0) is 9.59 Å². The van der Waals surface area contributed by atoms with Crippen molar-refractivity contribution in [3.63, 3.8) is 0 Å². The first-order valence-corrected chi connectivity index (χ1v) is 14.5. The molecule has 35 heavy (non-hydrogen) atoms. The molecule has 6 heteroatoms. The second kappa shape index (κ2) is 18.9. The Kier molecular flexibility index (Phi) is 17.2. The van der Waals surface area contributed by atoms with Crippen molar-refractivity contribution in [3.8, 4) is 0 Å². The van der Waals surface area contributed by atoms with E-state index < -0.39 is 0 Å². The molecule has 6 nitrogen and oxygen atoms in total. The number of nitrogens with one attached hydrogen (secondary N) is 1. The Labute approximate surface area is 216 Å². The minimum Gasteiger partial charge on any atom is -0.320 e. The van der Waals surface area contributed by atoms with E-state index in [0.717, 1.165) is 51.4 Å². The number of hydrogen-bond donors (Lipinski definition) is 1. The standard InChI is InChI=1S/C14H26N2O.C13H24N2O.C2H6/c1-4-8-15(9-5-2)12-14-6-10-16(11-7-14)13(3)17;1-11(16)13-4-8-15(9-5-13)10-12-2-6-14-7-3-12;1-2/h6,10,14H,4-5,7-9,11-12H2,1-3H3;12-14H,2-10H2,1H3;1-2H3. The van der Waals surface area contributed by atoms with Crippen LogP contribution in [0, 0.1) is 17.8 Å². The average Bonchev–Trinajstić information content (AvgIpc) is 2.87. The molecule has 0 aliphatic carbocycles. The van der Waals surface area contributed by atoms with Gasteiger partial charge in [0, 0.05) is 38.7 Å². The molecule has 1 amide bonds. The molecule has 0 aromatic rings. The molecule has 3 aliphatic heterocycles. The molecule has 204 valence electrons. The van der Waals surface area contributed by atoms with Crippen molar-refractivity contribution in [2.75, 3.05) is 58.9 Å². The van der Waals surface area contributed by atoms with Crippen LogP contribution in [0.25, 0.3) is 0 Å². The summed E-state index contributed by atoms with van der Waals surface area (Å²) in [4.78, 5) is 29.4. The first kappa shape index (κ1) is 31.8. The van der Waals surface area contributed by atoms with Gasteiger partial charge in [0.25, 0.3) is 0 Å². The summed E-state index contributed by atoms with van der Waals surface area (Å²) in [5, 5.41) is 3.41. The van der Waals surface area contributed by atoms with Crippen LogP contribution in [0.5, 0.6) is 0 Å². The van der Waals surface area contributed by atoms with Crippen LogP contribution < -0.4 is 5.32 Å². The lowest BCUT2D eigenvalue weighted by Crippen LogP contribution is -2.41. The van der Waals surface area contributed by atoms with Crippen molar-refractivity contribution >= 4 is 11.7 Å². The van der Waals surface area contributed by atoms with Crippen LogP contribution in [0.15, 0.2) is 12.3 Å². The normalized spacial score (nSPS) is 21.7. The fourth-order valence-corrected chi connectivity index (χ4v) is 5.33. The summed E-state index contributed by atoms with van der Waals surface area (Å²) in [5.74, 6) is 2.39. The van der Waals surface area contributed by atoms with Gasteiger partial charge in [0.15, 0.2) is 0 Å². The van der Waals surface area contributed by atoms with E-state index in [1.54, 1.807) is 18.7 Å². The summed E-state index contributed by atoms with van der Waals surface area (Å²) in [5.41, 5.74) is 0. The molecule has 1 atom stereocenters. The van der Waals surface area contributed by atoms with Crippen molar-refractivity contribution in [2.45, 2.75) is 86.5 Å². The minimum atomic E-state index is 0.152. The molecule has 0 spiro atoms. The number of ketones is 1. The van der Waals surface area contributed by atoms with Gasteiger partial charge in [-0.1, -0.05) is 33.8 Å². The smallest absolute Gasteiger partial charge is 0.223 e. The van der Waals surface area contributed by atoms with E-state index in [1.165, 1.54) is 58.4 Å². The van der Waals surface area contributed by atoms with E-state index in [1.807, 2.05) is 20.0 Å². The Morgan fingerprint density at radius 1 is 0.914 bits per heavy atom. The molecule has 3 aliphatic rings. The summed E-state index contributed by atoms with van der Waals surface area (Å²) < 4.78 is 0. The maximum Gasteiger partial charge on any atom is 0.223 e. The quantitative estimate of drug-likeness (QED) is 0.501. The fourth-order valence-electron chi connectivity index (χ4n) is 5.33. The maximum absolute atomic E-state index is 11.3. The van der Waals surface area contributed by atoms with Gasteiger partial charge in [-0.25, -0.2) is 0 Å². The Bertz CT molecular complexity index is 589. The van der Waals surface area contributed by atoms with Crippen molar-refractivity contribution in [3.05, 3.63) is 12.3 Å². The number of piperidine rings is 2. The Balaban J connectivity index is 0.000000327. The monoisotopic (exact) mass is 492 g/mol. The van der Waals surface area contributed by atoms with Crippen LogP contribution in [-0.4, -0.2) is 85.3 Å². The van der Waals surface area contributed by atoms with E-state index in [0.29, 0.717) is 17.6 Å². The third-order valence-corrected chi connectivity index (χ3v) is 7.39. The zero-order valence-electron chi connectivity index (χ0n) is 23.9. The van der Waals surface area contributed by atoms with Gasteiger partial charge in [-0.3, -0.25) is 9.59 Å². The third kappa shape index (κ3) is 13.0.